The van der Waals surface area contributed by atoms with Gasteiger partial charge in [0.2, 0.25) is 10.0 Å². The van der Waals surface area contributed by atoms with Gasteiger partial charge in [-0.1, -0.05) is 28.1 Å². The van der Waals surface area contributed by atoms with Crippen molar-refractivity contribution in [3.8, 4) is 5.75 Å². The molecule has 0 N–H and O–H groups in total. The summed E-state index contributed by atoms with van der Waals surface area (Å²) in [6.07, 6.45) is 0.697. The summed E-state index contributed by atoms with van der Waals surface area (Å²) >= 11 is 3.36. The highest BCUT2D eigenvalue weighted by Crippen LogP contribution is 2.27. The van der Waals surface area contributed by atoms with Gasteiger partial charge < -0.3 is 9.64 Å². The second-order valence-electron chi connectivity index (χ2n) is 8.03. The number of hydrogen-bond acceptors (Lipinski definition) is 6. The molecule has 7 nitrogen and oxygen atoms in total. The van der Waals surface area contributed by atoms with E-state index >= 15 is 0 Å². The first-order chi connectivity index (χ1) is 15.8. The number of piperazine rings is 1. The molecule has 9 heteroatoms. The van der Waals surface area contributed by atoms with Crippen LogP contribution in [0, 0.1) is 13.8 Å². The van der Waals surface area contributed by atoms with Gasteiger partial charge >= 0.3 is 0 Å². The van der Waals surface area contributed by atoms with E-state index in [1.54, 1.807) is 35.7 Å². The number of nitrogens with zero attached hydrogens (tertiary/aromatic N) is 4. The van der Waals surface area contributed by atoms with Crippen molar-refractivity contribution in [2.24, 2.45) is 0 Å². The molecule has 1 aliphatic heterocycles. The van der Waals surface area contributed by atoms with Crippen LogP contribution in [0.5, 0.6) is 5.75 Å². The number of aryl methyl sites for hydroxylation is 2. The van der Waals surface area contributed by atoms with E-state index in [2.05, 4.69) is 25.8 Å². The summed E-state index contributed by atoms with van der Waals surface area (Å²) in [5.74, 6) is 2.42. The van der Waals surface area contributed by atoms with Crippen LogP contribution in [0.25, 0.3) is 0 Å². The summed E-state index contributed by atoms with van der Waals surface area (Å²) < 4.78 is 33.8. The average Bonchev–Trinajstić information content (AvgIpc) is 2.81. The number of halogens is 1. The van der Waals surface area contributed by atoms with Gasteiger partial charge in [-0.25, -0.2) is 18.4 Å². The Morgan fingerprint density at radius 1 is 0.939 bits per heavy atom. The quantitative estimate of drug-likeness (QED) is 0.480. The van der Waals surface area contributed by atoms with Crippen LogP contribution in [-0.2, 0) is 16.4 Å². The zero-order chi connectivity index (χ0) is 23.6. The highest BCUT2D eigenvalue weighted by atomic mass is 79.9. The Morgan fingerprint density at radius 2 is 1.58 bits per heavy atom. The lowest BCUT2D eigenvalue weighted by Crippen LogP contribution is -2.49. The maximum absolute atomic E-state index is 13.1. The van der Waals surface area contributed by atoms with Crippen LogP contribution < -0.4 is 9.64 Å². The summed E-state index contributed by atoms with van der Waals surface area (Å²) in [7, 11) is -1.87. The van der Waals surface area contributed by atoms with E-state index in [0.29, 0.717) is 43.3 Å². The minimum atomic E-state index is -3.52. The van der Waals surface area contributed by atoms with E-state index < -0.39 is 10.0 Å². The first-order valence-electron chi connectivity index (χ1n) is 10.8. The van der Waals surface area contributed by atoms with Crippen molar-refractivity contribution in [3.63, 3.8) is 0 Å². The summed E-state index contributed by atoms with van der Waals surface area (Å²) in [5, 5.41) is 0. The summed E-state index contributed by atoms with van der Waals surface area (Å²) in [6.45, 7) is 5.85. The molecule has 0 spiro atoms. The fourth-order valence-corrected chi connectivity index (χ4v) is 5.72. The van der Waals surface area contributed by atoms with Gasteiger partial charge in [-0.2, -0.15) is 4.31 Å². The van der Waals surface area contributed by atoms with Crippen molar-refractivity contribution in [1.29, 1.82) is 0 Å². The normalized spacial score (nSPS) is 15.0. The molecule has 1 aromatic heterocycles. The number of benzene rings is 2. The van der Waals surface area contributed by atoms with Crippen LogP contribution in [0.2, 0.25) is 0 Å². The molecule has 0 atom stereocenters. The Kier molecular flexibility index (Phi) is 7.02. The van der Waals surface area contributed by atoms with Crippen molar-refractivity contribution in [2.45, 2.75) is 25.2 Å². The van der Waals surface area contributed by atoms with Crippen molar-refractivity contribution < 1.29 is 13.2 Å². The first-order valence-corrected chi connectivity index (χ1v) is 13.0. The second-order valence-corrected chi connectivity index (χ2v) is 10.9. The number of sulfonamides is 1. The highest BCUT2D eigenvalue weighted by Gasteiger charge is 2.30. The Balaban J connectivity index is 1.54. The van der Waals surface area contributed by atoms with Gasteiger partial charge in [-0.05, 0) is 55.8 Å². The number of rotatable bonds is 6. The minimum Gasteiger partial charge on any atom is -0.497 e. The zero-order valence-electron chi connectivity index (χ0n) is 19.0. The van der Waals surface area contributed by atoms with Gasteiger partial charge in [0, 0.05) is 48.3 Å². The number of hydrogen-bond donors (Lipinski definition) is 0. The van der Waals surface area contributed by atoms with E-state index in [1.165, 1.54) is 0 Å². The molecule has 2 aromatic carbocycles. The molecule has 4 rings (SSSR count). The molecule has 1 aliphatic rings. The van der Waals surface area contributed by atoms with Gasteiger partial charge in [-0.15, -0.1) is 0 Å². The molecule has 0 bridgehead atoms. The van der Waals surface area contributed by atoms with Crippen LogP contribution >= 0.6 is 15.9 Å². The van der Waals surface area contributed by atoms with Gasteiger partial charge in [0.1, 0.15) is 17.4 Å². The summed E-state index contributed by atoms with van der Waals surface area (Å²) in [6, 6.07) is 14.8. The standard InChI is InChI=1S/C24H27BrN4O3S/c1-17-23(16-19-4-8-21(32-3)9-5-19)24(27-18(2)26-17)28-12-14-29(15-13-28)33(30,31)22-10-6-20(25)7-11-22/h4-11H,12-16H2,1-3H3. The highest BCUT2D eigenvalue weighted by molar-refractivity contribution is 9.10. The van der Waals surface area contributed by atoms with E-state index in [1.807, 2.05) is 38.1 Å². The molecular formula is C24H27BrN4O3S. The van der Waals surface area contributed by atoms with E-state index in [9.17, 15) is 8.42 Å². The van der Waals surface area contributed by atoms with Crippen molar-refractivity contribution in [1.82, 2.24) is 14.3 Å². The molecule has 3 aromatic rings. The predicted octanol–water partition coefficient (Wildman–Crippen LogP) is 3.97. The van der Waals surface area contributed by atoms with Crippen molar-refractivity contribution >= 4 is 31.8 Å². The number of ether oxygens (including phenoxy) is 1. The summed E-state index contributed by atoms with van der Waals surface area (Å²) in [5.41, 5.74) is 3.15. The van der Waals surface area contributed by atoms with Gasteiger partial charge in [0.15, 0.2) is 0 Å². The van der Waals surface area contributed by atoms with Crippen LogP contribution in [0.4, 0.5) is 5.82 Å². The van der Waals surface area contributed by atoms with Gasteiger partial charge in [0.05, 0.1) is 12.0 Å². The fraction of sp³-hybridized carbons (Fsp3) is 0.333. The molecule has 2 heterocycles. The largest absolute Gasteiger partial charge is 0.497 e. The van der Waals surface area contributed by atoms with Crippen molar-refractivity contribution in [3.05, 3.63) is 75.6 Å². The predicted molar refractivity (Wildman–Crippen MR) is 132 cm³/mol. The SMILES string of the molecule is COc1ccc(Cc2c(C)nc(C)nc2N2CCN(S(=O)(=O)c3ccc(Br)cc3)CC2)cc1. The van der Waals surface area contributed by atoms with Crippen LogP contribution in [0.1, 0.15) is 22.6 Å². The average molecular weight is 531 g/mol. The van der Waals surface area contributed by atoms with Gasteiger partial charge in [-0.3, -0.25) is 0 Å². The maximum atomic E-state index is 13.1. The minimum absolute atomic E-state index is 0.313. The number of aromatic nitrogens is 2. The molecule has 0 aliphatic carbocycles. The first kappa shape index (κ1) is 23.7. The number of methoxy groups -OCH3 is 1. The van der Waals surface area contributed by atoms with E-state index in [-0.39, 0.29) is 0 Å². The maximum Gasteiger partial charge on any atom is 0.243 e. The van der Waals surface area contributed by atoms with Crippen LogP contribution in [-0.4, -0.2) is 56.0 Å². The van der Waals surface area contributed by atoms with Crippen LogP contribution in [0.15, 0.2) is 57.9 Å². The Morgan fingerprint density at radius 3 is 2.18 bits per heavy atom. The Hall–Kier alpha value is -2.49. The van der Waals surface area contributed by atoms with Crippen molar-refractivity contribution in [2.75, 3.05) is 38.2 Å². The zero-order valence-corrected chi connectivity index (χ0v) is 21.4. The molecule has 33 heavy (non-hydrogen) atoms. The summed E-state index contributed by atoms with van der Waals surface area (Å²) in [4.78, 5) is 11.8. The third-order valence-corrected chi connectivity index (χ3v) is 8.27. The van der Waals surface area contributed by atoms with Gasteiger partial charge in [0.25, 0.3) is 0 Å². The topological polar surface area (TPSA) is 75.6 Å². The molecule has 1 fully saturated rings. The lowest BCUT2D eigenvalue weighted by Gasteiger charge is -2.36. The second kappa shape index (κ2) is 9.79. The molecule has 0 radical (unpaired) electrons. The molecule has 174 valence electrons. The third kappa shape index (κ3) is 5.20. The third-order valence-electron chi connectivity index (χ3n) is 5.83. The number of anilines is 1. The molecule has 0 unspecified atom stereocenters. The lowest BCUT2D eigenvalue weighted by atomic mass is 10.0. The lowest BCUT2D eigenvalue weighted by molar-refractivity contribution is 0.383. The smallest absolute Gasteiger partial charge is 0.243 e. The Bertz CT molecular complexity index is 1220. The Labute approximate surface area is 203 Å². The fourth-order valence-electron chi connectivity index (χ4n) is 4.03. The monoisotopic (exact) mass is 530 g/mol. The molecule has 1 saturated heterocycles. The molecule has 0 amide bonds. The molecule has 0 saturated carbocycles. The molecular weight excluding hydrogens is 504 g/mol. The van der Waals surface area contributed by atoms with E-state index in [4.69, 9.17) is 9.72 Å². The van der Waals surface area contributed by atoms with Crippen LogP contribution in [0.3, 0.4) is 0 Å². The van der Waals surface area contributed by atoms with E-state index in [0.717, 1.165) is 32.9 Å².